The Morgan fingerprint density at radius 3 is 2.73 bits per heavy atom. The highest BCUT2D eigenvalue weighted by atomic mass is 16.5. The molecule has 2 saturated heterocycles. The van der Waals surface area contributed by atoms with Crippen LogP contribution in [0, 0.1) is 11.3 Å². The van der Waals surface area contributed by atoms with E-state index in [1.807, 2.05) is 6.07 Å². The van der Waals surface area contributed by atoms with Crippen LogP contribution >= 0.6 is 0 Å². The Kier molecular flexibility index (Phi) is 4.14. The number of carbonyl (C=O) groups excluding carboxylic acids is 2. The third-order valence-electron chi connectivity index (χ3n) is 5.95. The number of piperidine rings is 1. The number of rotatable bonds is 3. The molecule has 1 aromatic rings. The van der Waals surface area contributed by atoms with Crippen molar-refractivity contribution in [2.45, 2.75) is 32.2 Å². The van der Waals surface area contributed by atoms with Gasteiger partial charge in [0, 0.05) is 55.6 Å². The van der Waals surface area contributed by atoms with E-state index in [4.69, 9.17) is 4.74 Å². The van der Waals surface area contributed by atoms with E-state index in [2.05, 4.69) is 12.2 Å². The molecule has 0 unspecified atom stereocenters. The second-order valence-electron chi connectivity index (χ2n) is 8.24. The second-order valence-corrected chi connectivity index (χ2v) is 8.24. The predicted molar refractivity (Wildman–Crippen MR) is 94.8 cm³/mol. The number of ether oxygens (including phenoxy) is 1. The molecule has 2 amide bonds. The van der Waals surface area contributed by atoms with Crippen molar-refractivity contribution in [2.24, 2.45) is 11.3 Å². The van der Waals surface area contributed by atoms with Crippen LogP contribution in [0.15, 0.2) is 23.0 Å². The molecule has 0 aromatic carbocycles. The highest BCUT2D eigenvalue weighted by Gasteiger charge is 2.44. The zero-order valence-corrected chi connectivity index (χ0v) is 15.2. The molecule has 1 aromatic heterocycles. The molecule has 3 aliphatic heterocycles. The van der Waals surface area contributed by atoms with Gasteiger partial charge < -0.3 is 15.0 Å². The maximum atomic E-state index is 13.1. The van der Waals surface area contributed by atoms with Crippen molar-refractivity contribution < 1.29 is 14.3 Å². The predicted octanol–water partition coefficient (Wildman–Crippen LogP) is 0.508. The summed E-state index contributed by atoms with van der Waals surface area (Å²) in [7, 11) is 0. The minimum absolute atomic E-state index is 0.0183. The highest BCUT2D eigenvalue weighted by molar-refractivity contribution is 5.81. The molecule has 2 fully saturated rings. The quantitative estimate of drug-likeness (QED) is 0.853. The first-order valence-corrected chi connectivity index (χ1v) is 9.20. The van der Waals surface area contributed by atoms with Gasteiger partial charge in [0.1, 0.15) is 6.04 Å². The molecule has 4 heterocycles. The number of fused-ring (bicyclic) bond motifs is 4. The van der Waals surface area contributed by atoms with Gasteiger partial charge in [-0.05, 0) is 12.5 Å². The van der Waals surface area contributed by atoms with Gasteiger partial charge in [-0.2, -0.15) is 0 Å². The van der Waals surface area contributed by atoms with Crippen LogP contribution in [0.1, 0.15) is 37.9 Å². The number of carbonyl (C=O) groups is 2. The second kappa shape index (κ2) is 6.23. The Labute approximate surface area is 152 Å². The molecule has 0 saturated carbocycles. The van der Waals surface area contributed by atoms with E-state index in [0.29, 0.717) is 32.8 Å². The zero-order chi connectivity index (χ0) is 18.5. The Morgan fingerprint density at radius 2 is 2.08 bits per heavy atom. The average Bonchev–Trinajstić information content (AvgIpc) is 2.59. The van der Waals surface area contributed by atoms with Crippen LogP contribution in [0.25, 0.3) is 0 Å². The molecule has 26 heavy (non-hydrogen) atoms. The molecule has 3 aliphatic rings. The zero-order valence-electron chi connectivity index (χ0n) is 15.2. The van der Waals surface area contributed by atoms with Crippen molar-refractivity contribution in [1.29, 1.82) is 0 Å². The lowest BCUT2D eigenvalue weighted by Gasteiger charge is -2.46. The molecular formula is C19H25N3O4. The normalized spacial score (nSPS) is 28.7. The van der Waals surface area contributed by atoms with E-state index in [1.165, 1.54) is 6.07 Å². The lowest BCUT2D eigenvalue weighted by atomic mass is 9.78. The van der Waals surface area contributed by atoms with E-state index in [0.717, 1.165) is 12.1 Å². The fourth-order valence-corrected chi connectivity index (χ4v) is 4.49. The van der Waals surface area contributed by atoms with E-state index in [1.54, 1.807) is 22.5 Å². The summed E-state index contributed by atoms with van der Waals surface area (Å²) < 4.78 is 6.90. The first-order chi connectivity index (χ1) is 12.4. The van der Waals surface area contributed by atoms with Crippen LogP contribution in [0.2, 0.25) is 0 Å². The Balaban J connectivity index is 1.65. The SMILES string of the molecule is CC(=O)N1C[C@H]2C[C@@H](C1)[C@H](C(=O)NCC1(C)COC1)n1c2cccc1=O. The van der Waals surface area contributed by atoms with Gasteiger partial charge in [0.25, 0.3) is 5.56 Å². The fraction of sp³-hybridized carbons (Fsp3) is 0.632. The van der Waals surface area contributed by atoms with Crippen LogP contribution in [0.3, 0.4) is 0 Å². The van der Waals surface area contributed by atoms with Gasteiger partial charge in [0.2, 0.25) is 11.8 Å². The van der Waals surface area contributed by atoms with Gasteiger partial charge in [0.05, 0.1) is 13.2 Å². The number of hydrogen-bond donors (Lipinski definition) is 1. The van der Waals surface area contributed by atoms with Crippen molar-refractivity contribution in [1.82, 2.24) is 14.8 Å². The van der Waals surface area contributed by atoms with Gasteiger partial charge in [-0.15, -0.1) is 0 Å². The van der Waals surface area contributed by atoms with Crippen LogP contribution in [0.5, 0.6) is 0 Å². The standard InChI is InChI=1S/C19H25N3O4/c1-12(23)21-7-13-6-14(8-21)17(22-15(13)4-3-5-16(22)24)18(25)20-9-19(2)10-26-11-19/h3-5,13-14,17H,6-11H2,1-2H3,(H,20,25)/t13-,14+,17-/m1/s1. The van der Waals surface area contributed by atoms with Crippen LogP contribution in [0.4, 0.5) is 0 Å². The minimum atomic E-state index is -0.568. The number of aromatic nitrogens is 1. The number of hydrogen-bond acceptors (Lipinski definition) is 4. The molecule has 140 valence electrons. The first kappa shape index (κ1) is 17.3. The number of likely N-dealkylation sites (tertiary alicyclic amines) is 1. The smallest absolute Gasteiger partial charge is 0.251 e. The van der Waals surface area contributed by atoms with Crippen molar-refractivity contribution in [3.63, 3.8) is 0 Å². The Hall–Kier alpha value is -2.15. The lowest BCUT2D eigenvalue weighted by molar-refractivity contribution is -0.137. The summed E-state index contributed by atoms with van der Waals surface area (Å²) >= 11 is 0. The van der Waals surface area contributed by atoms with E-state index >= 15 is 0 Å². The topological polar surface area (TPSA) is 80.6 Å². The van der Waals surface area contributed by atoms with Crippen molar-refractivity contribution >= 4 is 11.8 Å². The number of amides is 2. The average molecular weight is 359 g/mol. The van der Waals surface area contributed by atoms with Crippen molar-refractivity contribution in [3.05, 3.63) is 34.2 Å². The molecule has 3 atom stereocenters. The summed E-state index contributed by atoms with van der Waals surface area (Å²) in [5.74, 6) is -0.0601. The van der Waals surface area contributed by atoms with Gasteiger partial charge in [-0.25, -0.2) is 0 Å². The maximum Gasteiger partial charge on any atom is 0.251 e. The molecular weight excluding hydrogens is 334 g/mol. The van der Waals surface area contributed by atoms with Crippen molar-refractivity contribution in [3.8, 4) is 0 Å². The van der Waals surface area contributed by atoms with Crippen LogP contribution in [-0.4, -0.2) is 54.1 Å². The van der Waals surface area contributed by atoms with E-state index in [9.17, 15) is 14.4 Å². The number of nitrogens with zero attached hydrogens (tertiary/aromatic N) is 2. The van der Waals surface area contributed by atoms with Gasteiger partial charge in [-0.1, -0.05) is 13.0 Å². The molecule has 7 heteroatoms. The molecule has 0 spiro atoms. The van der Waals surface area contributed by atoms with Crippen LogP contribution in [-0.2, 0) is 14.3 Å². The van der Waals surface area contributed by atoms with E-state index < -0.39 is 6.04 Å². The highest BCUT2D eigenvalue weighted by Crippen LogP contribution is 2.41. The van der Waals surface area contributed by atoms with Gasteiger partial charge in [-0.3, -0.25) is 19.0 Å². The summed E-state index contributed by atoms with van der Waals surface area (Å²) in [6.07, 6.45) is 0.825. The largest absolute Gasteiger partial charge is 0.380 e. The molecule has 1 N–H and O–H groups in total. The lowest BCUT2D eigenvalue weighted by Crippen LogP contribution is -2.56. The van der Waals surface area contributed by atoms with Gasteiger partial charge >= 0.3 is 0 Å². The van der Waals surface area contributed by atoms with Gasteiger partial charge in [0.15, 0.2) is 0 Å². The molecule has 7 nitrogen and oxygen atoms in total. The summed E-state index contributed by atoms with van der Waals surface area (Å²) in [6.45, 7) is 6.57. The van der Waals surface area contributed by atoms with E-state index in [-0.39, 0.29) is 34.6 Å². The summed E-state index contributed by atoms with van der Waals surface area (Å²) in [4.78, 5) is 39.4. The van der Waals surface area contributed by atoms with Crippen LogP contribution < -0.4 is 10.9 Å². The summed E-state index contributed by atoms with van der Waals surface area (Å²) in [6, 6.07) is 4.59. The molecule has 4 rings (SSSR count). The number of pyridine rings is 1. The monoisotopic (exact) mass is 359 g/mol. The third-order valence-corrected chi connectivity index (χ3v) is 5.95. The summed E-state index contributed by atoms with van der Waals surface area (Å²) in [5.41, 5.74) is 0.680. The Bertz CT molecular complexity index is 798. The Morgan fingerprint density at radius 1 is 1.31 bits per heavy atom. The van der Waals surface area contributed by atoms with Crippen molar-refractivity contribution in [2.75, 3.05) is 32.8 Å². The summed E-state index contributed by atoms with van der Waals surface area (Å²) in [5, 5.41) is 3.03. The fourth-order valence-electron chi connectivity index (χ4n) is 4.49. The third kappa shape index (κ3) is 2.84. The molecule has 0 radical (unpaired) electrons. The number of nitrogens with one attached hydrogen (secondary N) is 1. The molecule has 2 bridgehead atoms. The molecule has 0 aliphatic carbocycles. The maximum absolute atomic E-state index is 13.1. The first-order valence-electron chi connectivity index (χ1n) is 9.20. The minimum Gasteiger partial charge on any atom is -0.380 e.